The second-order valence-corrected chi connectivity index (χ2v) is 4.89. The number of halogens is 2. The van der Waals surface area contributed by atoms with E-state index in [1.165, 1.54) is 7.11 Å². The Morgan fingerprint density at radius 2 is 1.95 bits per heavy atom. The van der Waals surface area contributed by atoms with Crippen molar-refractivity contribution in [3.05, 3.63) is 33.8 Å². The largest absolute Gasteiger partial charge is 0.412 e. The van der Waals surface area contributed by atoms with Gasteiger partial charge in [0.15, 0.2) is 6.79 Å². The second-order valence-electron chi connectivity index (χ2n) is 4.07. The monoisotopic (exact) mass is 321 g/mol. The molecule has 5 nitrogen and oxygen atoms in total. The molecule has 0 fully saturated rings. The fourth-order valence-electron chi connectivity index (χ4n) is 1.91. The van der Waals surface area contributed by atoms with E-state index < -0.39 is 11.9 Å². The van der Waals surface area contributed by atoms with Gasteiger partial charge in [-0.25, -0.2) is 4.79 Å². The standard InChI is InChI=1S/C13H17Cl2NO4/c1-3-7-13(19-8-18-2,20-12(16)17)11-9(14)5-4-6-10(11)15/h4-6H,3,7-8H2,1-2H3,(H2,16,17). The molecule has 1 unspecified atom stereocenters. The zero-order valence-electron chi connectivity index (χ0n) is 11.3. The van der Waals surface area contributed by atoms with Gasteiger partial charge in [0.05, 0.1) is 15.6 Å². The van der Waals surface area contributed by atoms with Crippen molar-refractivity contribution in [1.29, 1.82) is 0 Å². The number of amides is 1. The van der Waals surface area contributed by atoms with Gasteiger partial charge in [-0.1, -0.05) is 36.2 Å². The number of benzene rings is 1. The first-order valence-corrected chi connectivity index (χ1v) is 6.78. The average Bonchev–Trinajstić information content (AvgIpc) is 2.35. The van der Waals surface area contributed by atoms with Crippen molar-refractivity contribution in [2.75, 3.05) is 13.9 Å². The molecule has 2 N–H and O–H groups in total. The molecule has 0 radical (unpaired) electrons. The van der Waals surface area contributed by atoms with Crippen LogP contribution in [0.1, 0.15) is 25.3 Å². The minimum atomic E-state index is -1.47. The van der Waals surface area contributed by atoms with E-state index in [0.717, 1.165) is 0 Å². The molecule has 0 saturated carbocycles. The molecule has 0 aliphatic carbocycles. The van der Waals surface area contributed by atoms with Crippen molar-refractivity contribution in [3.8, 4) is 0 Å². The molecule has 20 heavy (non-hydrogen) atoms. The fraction of sp³-hybridized carbons (Fsp3) is 0.462. The van der Waals surface area contributed by atoms with Gasteiger partial charge in [0, 0.05) is 13.5 Å². The van der Waals surface area contributed by atoms with E-state index in [9.17, 15) is 4.79 Å². The maximum Gasteiger partial charge on any atom is 0.407 e. The van der Waals surface area contributed by atoms with Gasteiger partial charge in [0.2, 0.25) is 5.79 Å². The number of rotatable bonds is 7. The maximum atomic E-state index is 11.2. The van der Waals surface area contributed by atoms with Crippen molar-refractivity contribution in [2.24, 2.45) is 5.73 Å². The summed E-state index contributed by atoms with van der Waals surface area (Å²) in [5.41, 5.74) is 5.51. The number of hydrogen-bond acceptors (Lipinski definition) is 4. The highest BCUT2D eigenvalue weighted by atomic mass is 35.5. The lowest BCUT2D eigenvalue weighted by molar-refractivity contribution is -0.251. The van der Waals surface area contributed by atoms with Crippen LogP contribution in [0.2, 0.25) is 10.0 Å². The Bertz CT molecular complexity index is 449. The van der Waals surface area contributed by atoms with Crippen LogP contribution in [0.5, 0.6) is 0 Å². The van der Waals surface area contributed by atoms with Gasteiger partial charge >= 0.3 is 6.09 Å². The number of hydrogen-bond donors (Lipinski definition) is 1. The SMILES string of the molecule is CCCC(OCOC)(OC(N)=O)c1c(Cl)cccc1Cl. The van der Waals surface area contributed by atoms with Crippen LogP contribution in [0.15, 0.2) is 18.2 Å². The first kappa shape index (κ1) is 17.0. The first-order valence-electron chi connectivity index (χ1n) is 6.02. The Hall–Kier alpha value is -1.01. The molecule has 112 valence electrons. The molecule has 0 saturated heterocycles. The maximum absolute atomic E-state index is 11.2. The van der Waals surface area contributed by atoms with Crippen LogP contribution in [0.4, 0.5) is 4.79 Å². The Balaban J connectivity index is 3.35. The molecule has 1 aromatic carbocycles. The lowest BCUT2D eigenvalue weighted by Crippen LogP contribution is -2.38. The molecule has 0 spiro atoms. The number of nitrogens with two attached hydrogens (primary N) is 1. The Morgan fingerprint density at radius 1 is 1.35 bits per heavy atom. The van der Waals surface area contributed by atoms with Crippen LogP contribution in [0.3, 0.4) is 0 Å². The van der Waals surface area contributed by atoms with Crippen LogP contribution in [0.25, 0.3) is 0 Å². The van der Waals surface area contributed by atoms with E-state index in [0.29, 0.717) is 28.5 Å². The Labute approximate surface area is 127 Å². The lowest BCUT2D eigenvalue weighted by Gasteiger charge is -2.33. The van der Waals surface area contributed by atoms with E-state index in [-0.39, 0.29) is 6.79 Å². The van der Waals surface area contributed by atoms with Crippen molar-refractivity contribution in [1.82, 2.24) is 0 Å². The van der Waals surface area contributed by atoms with Crippen LogP contribution in [0, 0.1) is 0 Å². The molecular formula is C13H17Cl2NO4. The zero-order chi connectivity index (χ0) is 15.2. The molecule has 1 aromatic rings. The van der Waals surface area contributed by atoms with Gasteiger partial charge < -0.3 is 19.9 Å². The number of carbonyl (C=O) groups excluding carboxylic acids is 1. The molecule has 0 aliphatic heterocycles. The van der Waals surface area contributed by atoms with E-state index in [1.54, 1.807) is 18.2 Å². The van der Waals surface area contributed by atoms with E-state index in [4.69, 9.17) is 43.1 Å². The molecule has 0 aromatic heterocycles. The lowest BCUT2D eigenvalue weighted by atomic mass is 10.0. The number of primary amides is 1. The number of ether oxygens (including phenoxy) is 3. The van der Waals surface area contributed by atoms with Crippen LogP contribution in [-0.2, 0) is 20.0 Å². The van der Waals surface area contributed by atoms with E-state index in [2.05, 4.69) is 0 Å². The number of carbonyl (C=O) groups is 1. The normalized spacial score (nSPS) is 13.8. The molecule has 0 aliphatic rings. The van der Waals surface area contributed by atoms with Crippen LogP contribution < -0.4 is 5.73 Å². The molecule has 1 amide bonds. The van der Waals surface area contributed by atoms with E-state index in [1.807, 2.05) is 6.92 Å². The minimum Gasteiger partial charge on any atom is -0.412 e. The Kier molecular flexibility index (Phi) is 6.55. The van der Waals surface area contributed by atoms with Gasteiger partial charge in [-0.2, -0.15) is 0 Å². The van der Waals surface area contributed by atoms with Crippen molar-refractivity contribution in [2.45, 2.75) is 25.6 Å². The fourth-order valence-corrected chi connectivity index (χ4v) is 2.59. The van der Waals surface area contributed by atoms with Gasteiger partial charge in [-0.05, 0) is 18.6 Å². The summed E-state index contributed by atoms with van der Waals surface area (Å²) in [6.45, 7) is 1.80. The van der Waals surface area contributed by atoms with Gasteiger partial charge in [-0.15, -0.1) is 0 Å². The predicted octanol–water partition coefficient (Wildman–Crippen LogP) is 3.66. The summed E-state index contributed by atoms with van der Waals surface area (Å²) in [4.78, 5) is 11.2. The summed E-state index contributed by atoms with van der Waals surface area (Å²) in [5.74, 6) is -1.47. The number of methoxy groups -OCH3 is 1. The van der Waals surface area contributed by atoms with Crippen molar-refractivity contribution < 1.29 is 19.0 Å². The average molecular weight is 322 g/mol. The summed E-state index contributed by atoms with van der Waals surface area (Å²) in [7, 11) is 1.45. The third-order valence-electron chi connectivity index (χ3n) is 2.60. The van der Waals surface area contributed by atoms with Crippen LogP contribution in [-0.4, -0.2) is 20.0 Å². The second kappa shape index (κ2) is 7.69. The summed E-state index contributed by atoms with van der Waals surface area (Å²) >= 11 is 12.3. The molecule has 7 heteroatoms. The summed E-state index contributed by atoms with van der Waals surface area (Å²) in [6, 6.07) is 4.95. The quantitative estimate of drug-likeness (QED) is 0.778. The van der Waals surface area contributed by atoms with Gasteiger partial charge in [0.1, 0.15) is 0 Å². The third-order valence-corrected chi connectivity index (χ3v) is 3.23. The Morgan fingerprint density at radius 3 is 2.40 bits per heavy atom. The summed E-state index contributed by atoms with van der Waals surface area (Å²) in [5, 5.41) is 0.645. The highest BCUT2D eigenvalue weighted by Gasteiger charge is 2.40. The van der Waals surface area contributed by atoms with Crippen LogP contribution >= 0.6 is 23.2 Å². The van der Waals surface area contributed by atoms with Crippen molar-refractivity contribution >= 4 is 29.3 Å². The van der Waals surface area contributed by atoms with E-state index >= 15 is 0 Å². The van der Waals surface area contributed by atoms with Gasteiger partial charge in [-0.3, -0.25) is 0 Å². The smallest absolute Gasteiger partial charge is 0.407 e. The zero-order valence-corrected chi connectivity index (χ0v) is 12.8. The molecule has 0 heterocycles. The van der Waals surface area contributed by atoms with Gasteiger partial charge in [0.25, 0.3) is 0 Å². The molecule has 1 rings (SSSR count). The highest BCUT2D eigenvalue weighted by molar-refractivity contribution is 6.36. The third kappa shape index (κ3) is 3.99. The highest BCUT2D eigenvalue weighted by Crippen LogP contribution is 2.41. The molecule has 0 bridgehead atoms. The molecule has 1 atom stereocenters. The topological polar surface area (TPSA) is 70.8 Å². The summed E-state index contributed by atoms with van der Waals surface area (Å²) < 4.78 is 15.6. The predicted molar refractivity (Wildman–Crippen MR) is 76.7 cm³/mol. The summed E-state index contributed by atoms with van der Waals surface area (Å²) in [6.07, 6.45) is 0.00642. The molecular weight excluding hydrogens is 305 g/mol. The minimum absolute atomic E-state index is 0.102. The first-order chi connectivity index (χ1) is 9.46. The van der Waals surface area contributed by atoms with Crippen molar-refractivity contribution in [3.63, 3.8) is 0 Å².